The van der Waals surface area contributed by atoms with Crippen LogP contribution in [-0.4, -0.2) is 43.1 Å². The van der Waals surface area contributed by atoms with Crippen LogP contribution < -0.4 is 4.90 Å². The summed E-state index contributed by atoms with van der Waals surface area (Å²) < 4.78 is 5.51. The lowest BCUT2D eigenvalue weighted by Crippen LogP contribution is -2.52. The lowest BCUT2D eigenvalue weighted by molar-refractivity contribution is -0.108. The zero-order valence-electron chi connectivity index (χ0n) is 15.5. The van der Waals surface area contributed by atoms with Gasteiger partial charge in [0, 0.05) is 30.6 Å². The van der Waals surface area contributed by atoms with Crippen molar-refractivity contribution in [1.29, 1.82) is 0 Å². The fourth-order valence-corrected chi connectivity index (χ4v) is 4.51. The zero-order valence-corrected chi connectivity index (χ0v) is 15.5. The number of aldehydes is 1. The van der Waals surface area contributed by atoms with Crippen LogP contribution in [0.3, 0.4) is 0 Å². The number of fused-ring (bicyclic) bond motifs is 3. The second-order valence-corrected chi connectivity index (χ2v) is 7.10. The molecule has 3 rings (SSSR count). The van der Waals surface area contributed by atoms with E-state index in [1.807, 2.05) is 23.1 Å². The Hall–Kier alpha value is -2.30. The summed E-state index contributed by atoms with van der Waals surface area (Å²) in [5.74, 6) is 0. The predicted molar refractivity (Wildman–Crippen MR) is 102 cm³/mol. The van der Waals surface area contributed by atoms with Gasteiger partial charge in [0.05, 0.1) is 6.61 Å². The van der Waals surface area contributed by atoms with Gasteiger partial charge < -0.3 is 14.4 Å². The van der Waals surface area contributed by atoms with Gasteiger partial charge in [-0.25, -0.2) is 4.79 Å². The van der Waals surface area contributed by atoms with Gasteiger partial charge in [-0.2, -0.15) is 0 Å². The van der Waals surface area contributed by atoms with Crippen molar-refractivity contribution in [3.63, 3.8) is 0 Å². The van der Waals surface area contributed by atoms with Crippen LogP contribution in [0.4, 0.5) is 10.5 Å². The highest BCUT2D eigenvalue weighted by molar-refractivity contribution is 5.74. The van der Waals surface area contributed by atoms with Crippen LogP contribution in [0, 0.1) is 0 Å². The van der Waals surface area contributed by atoms with Crippen molar-refractivity contribution in [2.24, 2.45) is 0 Å². The maximum atomic E-state index is 12.8. The number of para-hydroxylation sites is 1. The molecule has 1 aromatic rings. The summed E-state index contributed by atoms with van der Waals surface area (Å²) in [6.45, 7) is 7.73. The first-order valence-corrected chi connectivity index (χ1v) is 9.53. The molecule has 2 atom stereocenters. The molecule has 0 spiro atoms. The van der Waals surface area contributed by atoms with Gasteiger partial charge in [0.1, 0.15) is 12.5 Å². The number of unbranched alkanes of at least 4 members (excludes halogenated alkanes) is 1. The summed E-state index contributed by atoms with van der Waals surface area (Å²) in [7, 11) is 0. The number of carbonyl (C=O) groups is 2. The topological polar surface area (TPSA) is 49.9 Å². The number of hydrogen-bond acceptors (Lipinski definition) is 4. The fraction of sp³-hybridized carbons (Fsp3) is 0.524. The van der Waals surface area contributed by atoms with Crippen molar-refractivity contribution in [1.82, 2.24) is 4.90 Å². The molecule has 2 heterocycles. The summed E-state index contributed by atoms with van der Waals surface area (Å²) in [5, 5.41) is 0. The Morgan fingerprint density at radius 3 is 2.96 bits per heavy atom. The highest BCUT2D eigenvalue weighted by Gasteiger charge is 2.58. The summed E-state index contributed by atoms with van der Waals surface area (Å²) in [5.41, 5.74) is 2.15. The summed E-state index contributed by atoms with van der Waals surface area (Å²) in [4.78, 5) is 28.0. The van der Waals surface area contributed by atoms with Crippen LogP contribution >= 0.6 is 0 Å². The summed E-state index contributed by atoms with van der Waals surface area (Å²) >= 11 is 0. The molecule has 2 unspecified atom stereocenters. The van der Waals surface area contributed by atoms with Gasteiger partial charge in [0.2, 0.25) is 0 Å². The molecule has 2 aliphatic rings. The lowest BCUT2D eigenvalue weighted by atomic mass is 9.75. The molecule has 1 amide bonds. The Morgan fingerprint density at radius 2 is 2.23 bits per heavy atom. The lowest BCUT2D eigenvalue weighted by Gasteiger charge is -2.37. The standard InChI is InChI=1S/C21H28N2O3/c1-3-5-16-26-20(25)23-14-12-21(11-8-15-24)17-9-6-7-10-18(17)22(13-4-2)19(21)23/h4,6-7,9-10,15,19H,2-3,5,8,11-14,16H2,1H3. The van der Waals surface area contributed by atoms with Crippen molar-refractivity contribution in [2.45, 2.75) is 50.6 Å². The monoisotopic (exact) mass is 356 g/mol. The molecule has 0 saturated carbocycles. The van der Waals surface area contributed by atoms with Gasteiger partial charge in [-0.3, -0.25) is 4.90 Å². The predicted octanol–water partition coefficient (Wildman–Crippen LogP) is 3.88. The smallest absolute Gasteiger partial charge is 0.411 e. The summed E-state index contributed by atoms with van der Waals surface area (Å²) in [6.07, 6.45) is 6.42. The number of ether oxygens (including phenoxy) is 1. The first-order chi connectivity index (χ1) is 12.7. The quantitative estimate of drug-likeness (QED) is 0.403. The number of benzene rings is 1. The van der Waals surface area contributed by atoms with Crippen LogP contribution in [-0.2, 0) is 14.9 Å². The third-order valence-electron chi connectivity index (χ3n) is 5.63. The summed E-state index contributed by atoms with van der Waals surface area (Å²) in [6, 6.07) is 8.30. The molecule has 140 valence electrons. The molecule has 1 saturated heterocycles. The van der Waals surface area contributed by atoms with Crippen molar-refractivity contribution in [3.8, 4) is 0 Å². The number of nitrogens with zero attached hydrogens (tertiary/aromatic N) is 2. The van der Waals surface area contributed by atoms with Crippen molar-refractivity contribution in [3.05, 3.63) is 42.5 Å². The van der Waals surface area contributed by atoms with Gasteiger partial charge >= 0.3 is 6.09 Å². The first-order valence-electron chi connectivity index (χ1n) is 9.53. The molecule has 1 aromatic carbocycles. The van der Waals surface area contributed by atoms with Crippen LogP contribution in [0.15, 0.2) is 36.9 Å². The highest BCUT2D eigenvalue weighted by Crippen LogP contribution is 2.54. The molecular weight excluding hydrogens is 328 g/mol. The van der Waals surface area contributed by atoms with Gasteiger partial charge in [-0.15, -0.1) is 6.58 Å². The Bertz CT molecular complexity index is 675. The normalized spacial score (nSPS) is 23.5. The van der Waals surface area contributed by atoms with E-state index >= 15 is 0 Å². The molecule has 5 heteroatoms. The zero-order chi connectivity index (χ0) is 18.6. The van der Waals surface area contributed by atoms with Gasteiger partial charge in [0.15, 0.2) is 0 Å². The van der Waals surface area contributed by atoms with E-state index in [4.69, 9.17) is 4.74 Å². The number of anilines is 1. The molecular formula is C21H28N2O3. The van der Waals surface area contributed by atoms with E-state index in [-0.39, 0.29) is 17.7 Å². The van der Waals surface area contributed by atoms with E-state index in [9.17, 15) is 9.59 Å². The van der Waals surface area contributed by atoms with Crippen LogP contribution in [0.5, 0.6) is 0 Å². The Morgan fingerprint density at radius 1 is 1.42 bits per heavy atom. The Kier molecular flexibility index (Phi) is 5.64. The van der Waals surface area contributed by atoms with E-state index in [0.29, 0.717) is 26.1 Å². The molecule has 0 N–H and O–H groups in total. The van der Waals surface area contributed by atoms with Crippen molar-refractivity contribution < 1.29 is 14.3 Å². The molecule has 1 fully saturated rings. The van der Waals surface area contributed by atoms with E-state index in [1.54, 1.807) is 0 Å². The molecule has 0 radical (unpaired) electrons. The second-order valence-electron chi connectivity index (χ2n) is 7.10. The largest absolute Gasteiger partial charge is 0.449 e. The molecule has 2 aliphatic heterocycles. The molecule has 5 nitrogen and oxygen atoms in total. The first kappa shape index (κ1) is 18.5. The molecule has 0 bridgehead atoms. The van der Waals surface area contributed by atoms with Crippen molar-refractivity contribution >= 4 is 18.1 Å². The minimum absolute atomic E-state index is 0.119. The second kappa shape index (κ2) is 7.94. The van der Waals surface area contributed by atoms with Crippen LogP contribution in [0.2, 0.25) is 0 Å². The third kappa shape index (κ3) is 3.00. The van der Waals surface area contributed by atoms with E-state index in [1.165, 1.54) is 5.56 Å². The minimum Gasteiger partial charge on any atom is -0.449 e. The number of amides is 1. The van der Waals surface area contributed by atoms with Gasteiger partial charge in [-0.1, -0.05) is 37.6 Å². The van der Waals surface area contributed by atoms with E-state index in [2.05, 4.69) is 30.5 Å². The van der Waals surface area contributed by atoms with Crippen LogP contribution in [0.1, 0.15) is 44.6 Å². The Balaban J connectivity index is 1.96. The molecule has 0 aromatic heterocycles. The number of likely N-dealkylation sites (tertiary alicyclic amines) is 1. The maximum absolute atomic E-state index is 12.8. The van der Waals surface area contributed by atoms with Crippen molar-refractivity contribution in [2.75, 3.05) is 24.6 Å². The number of rotatable bonds is 8. The van der Waals surface area contributed by atoms with Crippen LogP contribution in [0.25, 0.3) is 0 Å². The molecule has 26 heavy (non-hydrogen) atoms. The maximum Gasteiger partial charge on any atom is 0.411 e. The SMILES string of the molecule is C=CCN1c2ccccc2C2(CCC=O)CCN(C(=O)OCCCC)C12. The van der Waals surface area contributed by atoms with E-state index in [0.717, 1.165) is 37.7 Å². The highest BCUT2D eigenvalue weighted by atomic mass is 16.6. The average Bonchev–Trinajstić information content (AvgIpc) is 3.15. The van der Waals surface area contributed by atoms with E-state index < -0.39 is 0 Å². The van der Waals surface area contributed by atoms with Gasteiger partial charge in [0.25, 0.3) is 0 Å². The minimum atomic E-state index is -0.252. The Labute approximate surface area is 155 Å². The average molecular weight is 356 g/mol. The molecule has 0 aliphatic carbocycles. The fourth-order valence-electron chi connectivity index (χ4n) is 4.51. The third-order valence-corrected chi connectivity index (χ3v) is 5.63. The number of hydrogen-bond donors (Lipinski definition) is 0. The van der Waals surface area contributed by atoms with Gasteiger partial charge in [-0.05, 0) is 30.9 Å². The number of carbonyl (C=O) groups excluding carboxylic acids is 2.